The summed E-state index contributed by atoms with van der Waals surface area (Å²) in [5, 5.41) is 0. The van der Waals surface area contributed by atoms with Crippen molar-refractivity contribution in [2.45, 2.75) is 90.9 Å². The van der Waals surface area contributed by atoms with E-state index in [4.69, 9.17) is 0 Å². The van der Waals surface area contributed by atoms with E-state index in [-0.39, 0.29) is 0 Å². The maximum Gasteiger partial charge on any atom is -0.0279 e. The van der Waals surface area contributed by atoms with Crippen LogP contribution in [0.3, 0.4) is 0 Å². The van der Waals surface area contributed by atoms with Gasteiger partial charge >= 0.3 is 0 Å². The summed E-state index contributed by atoms with van der Waals surface area (Å²) in [5.74, 6) is 0. The maximum atomic E-state index is 2.33. The van der Waals surface area contributed by atoms with Crippen molar-refractivity contribution in [3.63, 3.8) is 0 Å². The van der Waals surface area contributed by atoms with Crippen molar-refractivity contribution in [3.05, 3.63) is 35.4 Å². The van der Waals surface area contributed by atoms with Crippen molar-refractivity contribution in [2.75, 3.05) is 0 Å². The zero-order valence-electron chi connectivity index (χ0n) is 13.8. The van der Waals surface area contributed by atoms with Crippen LogP contribution in [-0.2, 0) is 6.42 Å². The third-order valence-corrected chi connectivity index (χ3v) is 4.15. The largest absolute Gasteiger partial charge is 0.0654 e. The number of benzene rings is 1. The first-order valence-electron chi connectivity index (χ1n) is 8.88. The molecule has 0 amide bonds. The molecule has 0 saturated carbocycles. The first-order valence-corrected chi connectivity index (χ1v) is 8.88. The maximum absolute atomic E-state index is 2.33. The van der Waals surface area contributed by atoms with Gasteiger partial charge in [-0.05, 0) is 25.3 Å². The summed E-state index contributed by atoms with van der Waals surface area (Å²) < 4.78 is 0. The second kappa shape index (κ2) is 12.0. The van der Waals surface area contributed by atoms with Crippen LogP contribution in [0.15, 0.2) is 24.3 Å². The zero-order valence-corrected chi connectivity index (χ0v) is 13.8. The molecule has 0 aliphatic heterocycles. The Labute approximate surface area is 127 Å². The van der Waals surface area contributed by atoms with Gasteiger partial charge in [0.05, 0.1) is 0 Å². The number of aryl methyl sites for hydroxylation is 2. The van der Waals surface area contributed by atoms with Crippen molar-refractivity contribution >= 4 is 0 Å². The minimum atomic E-state index is 1.26. The number of unbranched alkanes of at least 4 members (excludes halogenated alkanes) is 10. The standard InChI is InChI=1S/C20H34/c1-3-4-5-6-7-8-9-10-11-12-13-16-20-17-14-15-19(2)18-20/h14-15,17-18H,3-13,16H2,1-2H3. The molecular formula is C20H34. The van der Waals surface area contributed by atoms with Gasteiger partial charge in [-0.3, -0.25) is 0 Å². The Bertz CT molecular complexity index is 327. The highest BCUT2D eigenvalue weighted by atomic mass is 14.0. The summed E-state index contributed by atoms with van der Waals surface area (Å²) in [7, 11) is 0. The molecule has 0 bridgehead atoms. The van der Waals surface area contributed by atoms with Gasteiger partial charge in [0.1, 0.15) is 0 Å². The molecule has 0 aromatic heterocycles. The Balaban J connectivity index is 1.85. The van der Waals surface area contributed by atoms with Gasteiger partial charge in [-0.25, -0.2) is 0 Å². The second-order valence-electron chi connectivity index (χ2n) is 6.27. The van der Waals surface area contributed by atoms with E-state index in [1.807, 2.05) is 0 Å². The lowest BCUT2D eigenvalue weighted by molar-refractivity contribution is 0.549. The molecule has 0 aliphatic rings. The lowest BCUT2D eigenvalue weighted by Crippen LogP contribution is -1.87. The Morgan fingerprint density at radius 1 is 0.700 bits per heavy atom. The molecule has 0 atom stereocenters. The van der Waals surface area contributed by atoms with Crippen molar-refractivity contribution in [1.29, 1.82) is 0 Å². The lowest BCUT2D eigenvalue weighted by Gasteiger charge is -2.04. The molecule has 114 valence electrons. The summed E-state index contributed by atoms with van der Waals surface area (Å²) in [4.78, 5) is 0. The van der Waals surface area contributed by atoms with Crippen molar-refractivity contribution in [2.24, 2.45) is 0 Å². The molecule has 0 fully saturated rings. The fourth-order valence-electron chi connectivity index (χ4n) is 2.86. The van der Waals surface area contributed by atoms with Crippen LogP contribution < -0.4 is 0 Å². The SMILES string of the molecule is CCCCCCCCCCCCCc1cccc(C)c1. The van der Waals surface area contributed by atoms with E-state index in [2.05, 4.69) is 38.1 Å². The molecule has 20 heavy (non-hydrogen) atoms. The monoisotopic (exact) mass is 274 g/mol. The van der Waals surface area contributed by atoms with E-state index in [0.29, 0.717) is 0 Å². The van der Waals surface area contributed by atoms with Crippen LogP contribution in [0, 0.1) is 6.92 Å². The molecule has 0 heteroatoms. The van der Waals surface area contributed by atoms with E-state index >= 15 is 0 Å². The van der Waals surface area contributed by atoms with E-state index in [1.54, 1.807) is 0 Å². The molecule has 0 aliphatic carbocycles. The molecule has 1 aromatic carbocycles. The van der Waals surface area contributed by atoms with Gasteiger partial charge in [-0.1, -0.05) is 101 Å². The highest BCUT2D eigenvalue weighted by Gasteiger charge is 1.95. The third-order valence-electron chi connectivity index (χ3n) is 4.15. The van der Waals surface area contributed by atoms with Crippen LogP contribution in [-0.4, -0.2) is 0 Å². The molecule has 1 aromatic rings. The van der Waals surface area contributed by atoms with E-state index in [9.17, 15) is 0 Å². The highest BCUT2D eigenvalue weighted by molar-refractivity contribution is 5.22. The van der Waals surface area contributed by atoms with Gasteiger partial charge < -0.3 is 0 Å². The van der Waals surface area contributed by atoms with Crippen LogP contribution in [0.25, 0.3) is 0 Å². The molecule has 0 spiro atoms. The highest BCUT2D eigenvalue weighted by Crippen LogP contribution is 2.13. The Hall–Kier alpha value is -0.780. The van der Waals surface area contributed by atoms with Crippen LogP contribution >= 0.6 is 0 Å². The summed E-state index contributed by atoms with van der Waals surface area (Å²) in [6, 6.07) is 8.97. The lowest BCUT2D eigenvalue weighted by atomic mass is 10.0. The Morgan fingerprint density at radius 2 is 1.25 bits per heavy atom. The Morgan fingerprint density at radius 3 is 1.80 bits per heavy atom. The molecule has 0 radical (unpaired) electrons. The normalized spacial score (nSPS) is 10.9. The smallest absolute Gasteiger partial charge is 0.0279 e. The van der Waals surface area contributed by atoms with Crippen LogP contribution in [0.4, 0.5) is 0 Å². The third kappa shape index (κ3) is 9.18. The first-order chi connectivity index (χ1) is 9.83. The molecular weight excluding hydrogens is 240 g/mol. The Kier molecular flexibility index (Phi) is 10.4. The van der Waals surface area contributed by atoms with Crippen molar-refractivity contribution < 1.29 is 0 Å². The van der Waals surface area contributed by atoms with Crippen molar-refractivity contribution in [1.82, 2.24) is 0 Å². The minimum Gasteiger partial charge on any atom is -0.0654 e. The summed E-state index contributed by atoms with van der Waals surface area (Å²) in [5.41, 5.74) is 2.91. The quantitative estimate of drug-likeness (QED) is 0.366. The predicted octanol–water partition coefficient (Wildman–Crippen LogP) is 6.85. The van der Waals surface area contributed by atoms with E-state index in [1.165, 1.54) is 88.2 Å². The van der Waals surface area contributed by atoms with Gasteiger partial charge in [0, 0.05) is 0 Å². The van der Waals surface area contributed by atoms with Gasteiger partial charge in [-0.15, -0.1) is 0 Å². The summed E-state index contributed by atoms with van der Waals surface area (Å²) in [6.07, 6.45) is 17.0. The topological polar surface area (TPSA) is 0 Å². The molecule has 0 saturated heterocycles. The summed E-state index contributed by atoms with van der Waals surface area (Å²) in [6.45, 7) is 4.47. The average Bonchev–Trinajstić information content (AvgIpc) is 2.45. The predicted molar refractivity (Wildman–Crippen MR) is 91.3 cm³/mol. The fraction of sp³-hybridized carbons (Fsp3) is 0.700. The van der Waals surface area contributed by atoms with Crippen LogP contribution in [0.2, 0.25) is 0 Å². The second-order valence-corrected chi connectivity index (χ2v) is 6.27. The molecule has 0 nitrogen and oxygen atoms in total. The molecule has 0 heterocycles. The molecule has 1 rings (SSSR count). The van der Waals surface area contributed by atoms with Crippen molar-refractivity contribution in [3.8, 4) is 0 Å². The zero-order chi connectivity index (χ0) is 14.5. The fourth-order valence-corrected chi connectivity index (χ4v) is 2.86. The number of hydrogen-bond donors (Lipinski definition) is 0. The number of hydrogen-bond acceptors (Lipinski definition) is 0. The number of rotatable bonds is 12. The van der Waals surface area contributed by atoms with Crippen LogP contribution in [0.1, 0.15) is 88.7 Å². The van der Waals surface area contributed by atoms with E-state index in [0.717, 1.165) is 0 Å². The molecule has 0 unspecified atom stereocenters. The average molecular weight is 274 g/mol. The van der Waals surface area contributed by atoms with Gasteiger partial charge in [-0.2, -0.15) is 0 Å². The summed E-state index contributed by atoms with van der Waals surface area (Å²) >= 11 is 0. The minimum absolute atomic E-state index is 1.26. The molecule has 0 N–H and O–H groups in total. The van der Waals surface area contributed by atoms with Gasteiger partial charge in [0.2, 0.25) is 0 Å². The van der Waals surface area contributed by atoms with E-state index < -0.39 is 0 Å². The van der Waals surface area contributed by atoms with Gasteiger partial charge in [0.25, 0.3) is 0 Å². The van der Waals surface area contributed by atoms with Crippen LogP contribution in [0.5, 0.6) is 0 Å². The first kappa shape index (κ1) is 17.3. The van der Waals surface area contributed by atoms with Gasteiger partial charge in [0.15, 0.2) is 0 Å².